The number of aliphatic hydroxyl groups excluding tert-OH is 1. The Labute approximate surface area is 252 Å². The van der Waals surface area contributed by atoms with Crippen molar-refractivity contribution in [1.29, 1.82) is 0 Å². The average molecular weight is 612 g/mol. The Bertz CT molecular complexity index is 1490. The normalized spacial score (nSPS) is 17.4. The van der Waals surface area contributed by atoms with Crippen molar-refractivity contribution >= 4 is 27.7 Å². The van der Waals surface area contributed by atoms with Crippen molar-refractivity contribution in [2.45, 2.75) is 56.8 Å². The Balaban J connectivity index is 1.55. The predicted molar refractivity (Wildman–Crippen MR) is 161 cm³/mol. The number of halogens is 1. The van der Waals surface area contributed by atoms with E-state index in [0.29, 0.717) is 5.69 Å². The number of carbonyl (C=O) groups is 2. The van der Waals surface area contributed by atoms with Crippen molar-refractivity contribution in [3.8, 4) is 0 Å². The summed E-state index contributed by atoms with van der Waals surface area (Å²) in [5, 5.41) is 14.3. The van der Waals surface area contributed by atoms with Crippen LogP contribution in [0, 0.1) is 18.7 Å². The number of hydrogen-bond donors (Lipinski definition) is 2. The van der Waals surface area contributed by atoms with Crippen LogP contribution in [0.25, 0.3) is 0 Å². The van der Waals surface area contributed by atoms with Gasteiger partial charge in [-0.25, -0.2) is 17.6 Å². The molecule has 4 atom stereocenters. The van der Waals surface area contributed by atoms with Crippen LogP contribution in [0.5, 0.6) is 0 Å². The Kier molecular flexibility index (Phi) is 10.5. The van der Waals surface area contributed by atoms with Gasteiger partial charge in [0.15, 0.2) is 6.10 Å². The van der Waals surface area contributed by atoms with Gasteiger partial charge in [-0.2, -0.15) is 4.31 Å². The maximum absolute atomic E-state index is 13.7. The van der Waals surface area contributed by atoms with Crippen molar-refractivity contribution in [2.24, 2.45) is 5.92 Å². The van der Waals surface area contributed by atoms with Gasteiger partial charge in [-0.1, -0.05) is 68.3 Å². The van der Waals surface area contributed by atoms with E-state index >= 15 is 0 Å². The molecule has 2 N–H and O–H groups in total. The molecule has 3 aromatic rings. The van der Waals surface area contributed by atoms with Crippen molar-refractivity contribution in [3.63, 3.8) is 0 Å². The molecule has 43 heavy (non-hydrogen) atoms. The van der Waals surface area contributed by atoms with Crippen LogP contribution in [-0.4, -0.2) is 67.7 Å². The SMILES string of the molecule is CC[C@H](C)CN(C[C@@H](O)[C@H](Cc1ccccc1)NC(=O)[C@@H]1CN(c2ccc(F)cc2)C(=O)O1)S(=O)(=O)c1ccc(C)cc1. The molecule has 2 amide bonds. The highest BCUT2D eigenvalue weighted by atomic mass is 32.2. The zero-order valence-electron chi connectivity index (χ0n) is 24.5. The summed E-state index contributed by atoms with van der Waals surface area (Å²) in [4.78, 5) is 27.3. The molecule has 1 aliphatic rings. The van der Waals surface area contributed by atoms with Crippen LogP contribution < -0.4 is 10.2 Å². The van der Waals surface area contributed by atoms with E-state index in [1.54, 1.807) is 24.3 Å². The molecule has 1 saturated heterocycles. The summed E-state index contributed by atoms with van der Waals surface area (Å²) in [5.41, 5.74) is 2.12. The Hall–Kier alpha value is -3.80. The Morgan fingerprint density at radius 1 is 1.07 bits per heavy atom. The van der Waals surface area contributed by atoms with E-state index in [1.807, 2.05) is 51.1 Å². The summed E-state index contributed by atoms with van der Waals surface area (Å²) in [6, 6.07) is 20.1. The molecule has 0 saturated carbocycles. The molecule has 0 unspecified atom stereocenters. The Morgan fingerprint density at radius 3 is 2.35 bits per heavy atom. The lowest BCUT2D eigenvalue weighted by atomic mass is 10.0. The minimum absolute atomic E-state index is 0.0185. The lowest BCUT2D eigenvalue weighted by Crippen LogP contribution is -2.53. The molecule has 3 aromatic carbocycles. The minimum Gasteiger partial charge on any atom is -0.434 e. The number of sulfonamides is 1. The monoisotopic (exact) mass is 611 g/mol. The van der Waals surface area contributed by atoms with E-state index in [9.17, 15) is 27.5 Å². The van der Waals surface area contributed by atoms with Gasteiger partial charge in [0.05, 0.1) is 23.6 Å². The highest BCUT2D eigenvalue weighted by Gasteiger charge is 2.39. The van der Waals surface area contributed by atoms with Gasteiger partial charge < -0.3 is 15.2 Å². The number of aliphatic hydroxyl groups is 1. The van der Waals surface area contributed by atoms with Gasteiger partial charge in [0.25, 0.3) is 5.91 Å². The summed E-state index contributed by atoms with van der Waals surface area (Å²) in [6.07, 6.45) is -2.29. The van der Waals surface area contributed by atoms with Crippen LogP contribution in [0.1, 0.15) is 31.4 Å². The molecule has 0 aromatic heterocycles. The lowest BCUT2D eigenvalue weighted by molar-refractivity contribution is -0.129. The van der Waals surface area contributed by atoms with E-state index < -0.39 is 46.1 Å². The van der Waals surface area contributed by atoms with Gasteiger partial charge in [0, 0.05) is 18.8 Å². The second-order valence-electron chi connectivity index (χ2n) is 11.0. The van der Waals surface area contributed by atoms with Gasteiger partial charge in [-0.05, 0) is 61.2 Å². The van der Waals surface area contributed by atoms with Gasteiger partial charge in [0.1, 0.15) is 5.82 Å². The zero-order valence-corrected chi connectivity index (χ0v) is 25.3. The molecule has 9 nitrogen and oxygen atoms in total. The van der Waals surface area contributed by atoms with Crippen molar-refractivity contribution in [3.05, 3.63) is 95.8 Å². The first kappa shape index (κ1) is 32.1. The fourth-order valence-electron chi connectivity index (χ4n) is 4.80. The molecule has 0 spiro atoms. The first-order valence-electron chi connectivity index (χ1n) is 14.3. The molecule has 11 heteroatoms. The number of anilines is 1. The number of nitrogens with one attached hydrogen (secondary N) is 1. The van der Waals surface area contributed by atoms with Crippen LogP contribution in [-0.2, 0) is 26.0 Å². The molecule has 230 valence electrons. The number of cyclic esters (lactones) is 1. The number of amides is 2. The topological polar surface area (TPSA) is 116 Å². The fourth-order valence-corrected chi connectivity index (χ4v) is 6.38. The third kappa shape index (κ3) is 8.19. The minimum atomic E-state index is -3.96. The van der Waals surface area contributed by atoms with Crippen LogP contribution in [0.4, 0.5) is 14.9 Å². The van der Waals surface area contributed by atoms with E-state index in [4.69, 9.17) is 4.74 Å². The van der Waals surface area contributed by atoms with Crippen molar-refractivity contribution < 1.29 is 32.2 Å². The molecule has 0 bridgehead atoms. The third-order valence-corrected chi connectivity index (χ3v) is 9.44. The molecular weight excluding hydrogens is 573 g/mol. The number of hydrogen-bond acceptors (Lipinski definition) is 6. The van der Waals surface area contributed by atoms with E-state index in [-0.39, 0.29) is 36.9 Å². The smallest absolute Gasteiger partial charge is 0.415 e. The average Bonchev–Trinajstić information content (AvgIpc) is 3.39. The second-order valence-corrected chi connectivity index (χ2v) is 12.9. The van der Waals surface area contributed by atoms with E-state index in [2.05, 4.69) is 5.32 Å². The van der Waals surface area contributed by atoms with Crippen LogP contribution in [0.3, 0.4) is 0 Å². The standard InChI is InChI=1S/C32H38FN3O6S/c1-4-22(2)19-35(43(40,41)27-16-10-23(3)11-17-27)20-29(37)28(18-24-8-6-5-7-9-24)34-31(38)30-21-36(32(39)42-30)26-14-12-25(33)13-15-26/h5-17,22,28-30,37H,4,18-21H2,1-3H3,(H,34,38)/t22-,28-,29+,30-/m0/s1. The number of nitrogens with zero attached hydrogens (tertiary/aromatic N) is 2. The van der Waals surface area contributed by atoms with Gasteiger partial charge in [-0.15, -0.1) is 0 Å². The summed E-state index contributed by atoms with van der Waals surface area (Å²) in [7, 11) is -3.96. The van der Waals surface area contributed by atoms with Gasteiger partial charge >= 0.3 is 6.09 Å². The van der Waals surface area contributed by atoms with Gasteiger partial charge in [0.2, 0.25) is 10.0 Å². The maximum atomic E-state index is 13.7. The molecular formula is C32H38FN3O6S. The van der Waals surface area contributed by atoms with Crippen molar-refractivity contribution in [1.82, 2.24) is 9.62 Å². The summed E-state index contributed by atoms with van der Waals surface area (Å²) < 4.78 is 47.4. The Morgan fingerprint density at radius 2 is 1.72 bits per heavy atom. The number of carbonyl (C=O) groups excluding carboxylic acids is 2. The van der Waals surface area contributed by atoms with E-state index in [0.717, 1.165) is 17.5 Å². The van der Waals surface area contributed by atoms with Crippen molar-refractivity contribution in [2.75, 3.05) is 24.5 Å². The maximum Gasteiger partial charge on any atom is 0.415 e. The lowest BCUT2D eigenvalue weighted by Gasteiger charge is -2.31. The number of aryl methyl sites for hydroxylation is 1. The third-order valence-electron chi connectivity index (χ3n) is 7.59. The number of rotatable bonds is 13. The number of benzene rings is 3. The number of ether oxygens (including phenoxy) is 1. The van der Waals surface area contributed by atoms with Crippen LogP contribution in [0.15, 0.2) is 83.8 Å². The largest absolute Gasteiger partial charge is 0.434 e. The second kappa shape index (κ2) is 14.1. The fraction of sp³-hybridized carbons (Fsp3) is 0.375. The molecule has 0 aliphatic carbocycles. The summed E-state index contributed by atoms with van der Waals surface area (Å²) in [5.74, 6) is -1.08. The molecule has 1 heterocycles. The molecule has 1 fully saturated rings. The highest BCUT2D eigenvalue weighted by molar-refractivity contribution is 7.89. The predicted octanol–water partition coefficient (Wildman–Crippen LogP) is 4.28. The summed E-state index contributed by atoms with van der Waals surface area (Å²) >= 11 is 0. The molecule has 4 rings (SSSR count). The van der Waals surface area contributed by atoms with Crippen LogP contribution in [0.2, 0.25) is 0 Å². The molecule has 0 radical (unpaired) electrons. The summed E-state index contributed by atoms with van der Waals surface area (Å²) in [6.45, 7) is 5.59. The van der Waals surface area contributed by atoms with E-state index in [1.165, 1.54) is 33.5 Å². The first-order valence-corrected chi connectivity index (χ1v) is 15.7. The first-order chi connectivity index (χ1) is 20.5. The quantitative estimate of drug-likeness (QED) is 0.298. The highest BCUT2D eigenvalue weighted by Crippen LogP contribution is 2.23. The van der Waals surface area contributed by atoms with Crippen LogP contribution >= 0.6 is 0 Å². The zero-order chi connectivity index (χ0) is 31.1. The molecule has 1 aliphatic heterocycles. The van der Waals surface area contributed by atoms with Gasteiger partial charge in [-0.3, -0.25) is 9.69 Å².